The number of likely N-dealkylation sites (tertiary alicyclic amines) is 1. The molecule has 16 heavy (non-hydrogen) atoms. The molecule has 0 saturated carbocycles. The van der Waals surface area contributed by atoms with Crippen molar-refractivity contribution in [1.82, 2.24) is 4.90 Å². The zero-order valence-corrected chi connectivity index (χ0v) is 10.8. The van der Waals surface area contributed by atoms with Crippen molar-refractivity contribution in [3.63, 3.8) is 0 Å². The van der Waals surface area contributed by atoms with Crippen molar-refractivity contribution in [2.45, 2.75) is 46.1 Å². The van der Waals surface area contributed by atoms with Gasteiger partial charge in [0.25, 0.3) is 0 Å². The fraction of sp³-hybridized carbons (Fsp3) is 0.833. The van der Waals surface area contributed by atoms with Crippen LogP contribution in [0.15, 0.2) is 0 Å². The Kier molecular flexibility index (Phi) is 6.08. The first-order valence-corrected chi connectivity index (χ1v) is 5.65. The maximum atomic E-state index is 11.7. The van der Waals surface area contributed by atoms with Gasteiger partial charge in [-0.15, -0.1) is 0 Å². The highest BCUT2D eigenvalue weighted by molar-refractivity contribution is 5.68. The van der Waals surface area contributed by atoms with Crippen LogP contribution in [0.5, 0.6) is 0 Å². The Balaban J connectivity index is 0.00000106. The van der Waals surface area contributed by atoms with Crippen LogP contribution >= 0.6 is 0 Å². The minimum atomic E-state index is -0.377. The Morgan fingerprint density at radius 1 is 1.38 bits per heavy atom. The molecule has 0 N–H and O–H groups in total. The zero-order valence-electron chi connectivity index (χ0n) is 10.8. The molecule has 94 valence electrons. The normalized spacial score (nSPS) is 20.8. The van der Waals surface area contributed by atoms with Crippen molar-refractivity contribution in [3.05, 3.63) is 0 Å². The summed E-state index contributed by atoms with van der Waals surface area (Å²) in [6, 6.07) is 0. The van der Waals surface area contributed by atoms with E-state index in [0.717, 1.165) is 19.5 Å². The predicted molar refractivity (Wildman–Crippen MR) is 63.3 cm³/mol. The molecule has 1 fully saturated rings. The molecule has 0 aliphatic carbocycles. The van der Waals surface area contributed by atoms with Crippen molar-refractivity contribution < 1.29 is 14.3 Å². The van der Waals surface area contributed by atoms with Gasteiger partial charge in [-0.3, -0.25) is 0 Å². The first kappa shape index (κ1) is 14.9. The van der Waals surface area contributed by atoms with Crippen molar-refractivity contribution in [3.8, 4) is 0 Å². The maximum absolute atomic E-state index is 11.7. The summed E-state index contributed by atoms with van der Waals surface area (Å²) in [6.45, 7) is 11.6. The summed E-state index contributed by atoms with van der Waals surface area (Å²) in [4.78, 5) is 21.5. The standard InChI is InChI=1S/C11H21NO2.CH2O/c1-9-6-5-7-12(8-9)10(13)14-11(2,3)4;1-2/h9H,5-8H2,1-4H3;1H2. The highest BCUT2D eigenvalue weighted by atomic mass is 16.6. The smallest absolute Gasteiger partial charge is 0.410 e. The second-order valence-corrected chi connectivity index (χ2v) is 5.17. The van der Waals surface area contributed by atoms with E-state index < -0.39 is 0 Å². The van der Waals surface area contributed by atoms with Gasteiger partial charge in [0.05, 0.1) is 0 Å². The largest absolute Gasteiger partial charge is 0.444 e. The highest BCUT2D eigenvalue weighted by Crippen LogP contribution is 2.18. The molecular formula is C12H23NO3. The van der Waals surface area contributed by atoms with Crippen LogP contribution in [0.4, 0.5) is 4.79 Å². The minimum absolute atomic E-state index is 0.163. The zero-order chi connectivity index (χ0) is 12.8. The van der Waals surface area contributed by atoms with Gasteiger partial charge in [-0.1, -0.05) is 6.92 Å². The summed E-state index contributed by atoms with van der Waals surface area (Å²) in [6.07, 6.45) is 2.16. The molecule has 4 nitrogen and oxygen atoms in total. The van der Waals surface area contributed by atoms with E-state index in [1.807, 2.05) is 32.5 Å². The molecule has 0 aromatic heterocycles. The van der Waals surface area contributed by atoms with Crippen molar-refractivity contribution in [1.29, 1.82) is 0 Å². The summed E-state index contributed by atoms with van der Waals surface area (Å²) >= 11 is 0. The van der Waals surface area contributed by atoms with Gasteiger partial charge < -0.3 is 14.4 Å². The molecule has 1 saturated heterocycles. The number of piperidine rings is 1. The van der Waals surface area contributed by atoms with Crippen LogP contribution in [0.1, 0.15) is 40.5 Å². The summed E-state index contributed by atoms with van der Waals surface area (Å²) in [5.41, 5.74) is -0.377. The van der Waals surface area contributed by atoms with E-state index in [0.29, 0.717) is 5.92 Å². The third kappa shape index (κ3) is 5.73. The number of amides is 1. The number of rotatable bonds is 0. The molecule has 0 spiro atoms. The molecule has 0 aromatic rings. The maximum Gasteiger partial charge on any atom is 0.410 e. The fourth-order valence-corrected chi connectivity index (χ4v) is 1.68. The molecule has 1 heterocycles. The lowest BCUT2D eigenvalue weighted by Gasteiger charge is -2.32. The van der Waals surface area contributed by atoms with Crippen LogP contribution in [0.3, 0.4) is 0 Å². The van der Waals surface area contributed by atoms with Crippen LogP contribution in [0.2, 0.25) is 0 Å². The van der Waals surface area contributed by atoms with Crippen LogP contribution in [0, 0.1) is 5.92 Å². The third-order valence-electron chi connectivity index (χ3n) is 2.31. The SMILES string of the molecule is C=O.CC1CCCN(C(=O)OC(C)(C)C)C1. The van der Waals surface area contributed by atoms with E-state index in [1.165, 1.54) is 6.42 Å². The van der Waals surface area contributed by atoms with Gasteiger partial charge in [0.2, 0.25) is 0 Å². The average molecular weight is 229 g/mol. The van der Waals surface area contributed by atoms with E-state index in [1.54, 1.807) is 0 Å². The first-order valence-electron chi connectivity index (χ1n) is 5.65. The van der Waals surface area contributed by atoms with Gasteiger partial charge in [-0.2, -0.15) is 0 Å². The van der Waals surface area contributed by atoms with Gasteiger partial charge in [0.15, 0.2) is 0 Å². The molecule has 0 aromatic carbocycles. The molecule has 1 atom stereocenters. The number of hydrogen-bond acceptors (Lipinski definition) is 3. The number of carbonyl (C=O) groups excluding carboxylic acids is 2. The van der Waals surface area contributed by atoms with Crippen LogP contribution in [-0.4, -0.2) is 36.5 Å². The topological polar surface area (TPSA) is 46.6 Å². The monoisotopic (exact) mass is 229 g/mol. The third-order valence-corrected chi connectivity index (χ3v) is 2.31. The summed E-state index contributed by atoms with van der Waals surface area (Å²) in [5, 5.41) is 0. The number of hydrogen-bond donors (Lipinski definition) is 0. The highest BCUT2D eigenvalue weighted by Gasteiger charge is 2.25. The Hall–Kier alpha value is -1.06. The van der Waals surface area contributed by atoms with Crippen LogP contribution in [-0.2, 0) is 9.53 Å². The fourth-order valence-electron chi connectivity index (χ4n) is 1.68. The lowest BCUT2D eigenvalue weighted by Crippen LogP contribution is -2.42. The lowest BCUT2D eigenvalue weighted by molar-refractivity contribution is -0.0980. The van der Waals surface area contributed by atoms with E-state index in [9.17, 15) is 4.79 Å². The minimum Gasteiger partial charge on any atom is -0.444 e. The predicted octanol–water partition coefficient (Wildman–Crippen LogP) is 2.47. The van der Waals surface area contributed by atoms with Gasteiger partial charge in [0.1, 0.15) is 12.4 Å². The van der Waals surface area contributed by atoms with Gasteiger partial charge in [-0.05, 0) is 39.5 Å². The van der Waals surface area contributed by atoms with Gasteiger partial charge in [-0.25, -0.2) is 4.79 Å². The molecule has 0 radical (unpaired) electrons. The summed E-state index contributed by atoms with van der Waals surface area (Å²) in [5.74, 6) is 0.608. The Morgan fingerprint density at radius 3 is 2.38 bits per heavy atom. The van der Waals surface area contributed by atoms with E-state index in [2.05, 4.69) is 6.92 Å². The molecule has 0 bridgehead atoms. The van der Waals surface area contributed by atoms with Crippen LogP contribution in [0.25, 0.3) is 0 Å². The number of carbonyl (C=O) groups is 2. The van der Waals surface area contributed by atoms with E-state index in [-0.39, 0.29) is 11.7 Å². The van der Waals surface area contributed by atoms with Gasteiger partial charge >= 0.3 is 6.09 Å². The van der Waals surface area contributed by atoms with Crippen molar-refractivity contribution in [2.24, 2.45) is 5.92 Å². The second-order valence-electron chi connectivity index (χ2n) is 5.17. The molecule has 1 rings (SSSR count). The van der Waals surface area contributed by atoms with Gasteiger partial charge in [0, 0.05) is 13.1 Å². The number of nitrogens with zero attached hydrogens (tertiary/aromatic N) is 1. The molecule has 1 unspecified atom stereocenters. The van der Waals surface area contributed by atoms with E-state index >= 15 is 0 Å². The second kappa shape index (κ2) is 6.51. The molecule has 4 heteroatoms. The van der Waals surface area contributed by atoms with Crippen molar-refractivity contribution >= 4 is 12.9 Å². The Bertz CT molecular complexity index is 223. The lowest BCUT2D eigenvalue weighted by atomic mass is 10.0. The van der Waals surface area contributed by atoms with Crippen LogP contribution < -0.4 is 0 Å². The molecule has 1 aliphatic heterocycles. The van der Waals surface area contributed by atoms with Crippen molar-refractivity contribution in [2.75, 3.05) is 13.1 Å². The molecule has 1 aliphatic rings. The quantitative estimate of drug-likeness (QED) is 0.641. The Labute approximate surface area is 98.0 Å². The van der Waals surface area contributed by atoms with E-state index in [4.69, 9.17) is 9.53 Å². The Morgan fingerprint density at radius 2 is 1.94 bits per heavy atom. The summed E-state index contributed by atoms with van der Waals surface area (Å²) in [7, 11) is 0. The first-order chi connectivity index (χ1) is 7.38. The summed E-state index contributed by atoms with van der Waals surface area (Å²) < 4.78 is 5.31. The number of ether oxygens (including phenoxy) is 1. The molecular weight excluding hydrogens is 206 g/mol. The molecule has 1 amide bonds. The average Bonchev–Trinajstić information content (AvgIpc) is 2.18.